The predicted molar refractivity (Wildman–Crippen MR) is 66.0 cm³/mol. The molecule has 1 aromatic rings. The smallest absolute Gasteiger partial charge is 0.313 e. The van der Waals surface area contributed by atoms with Crippen molar-refractivity contribution in [1.82, 2.24) is 5.32 Å². The van der Waals surface area contributed by atoms with Gasteiger partial charge in [-0.05, 0) is 37.5 Å². The highest BCUT2D eigenvalue weighted by Gasteiger charge is 2.26. The highest BCUT2D eigenvalue weighted by atomic mass is 35.5. The molecular weight excluding hydrogens is 240 g/mol. The summed E-state index contributed by atoms with van der Waals surface area (Å²) in [5.74, 6) is -1.24. The number of nitrogens with one attached hydrogen (secondary N) is 2. The molecule has 1 aliphatic carbocycles. The minimum atomic E-state index is -0.651. The molecule has 0 aromatic heterocycles. The summed E-state index contributed by atoms with van der Waals surface area (Å²) < 4.78 is 0. The normalized spacial score (nSPS) is 14.2. The first-order valence-corrected chi connectivity index (χ1v) is 5.82. The lowest BCUT2D eigenvalue weighted by atomic mass is 10.2. The summed E-state index contributed by atoms with van der Waals surface area (Å²) in [6.07, 6.45) is 1.91. The lowest BCUT2D eigenvalue weighted by Gasteiger charge is -2.08. The number of rotatable bonds is 2. The Bertz CT molecular complexity index is 470. The SMILES string of the molecule is Cc1ccc(Cl)cc1NC(=O)C(=O)NC1CC1. The van der Waals surface area contributed by atoms with Crippen molar-refractivity contribution in [1.29, 1.82) is 0 Å². The van der Waals surface area contributed by atoms with Gasteiger partial charge < -0.3 is 10.6 Å². The van der Waals surface area contributed by atoms with Crippen molar-refractivity contribution in [2.45, 2.75) is 25.8 Å². The van der Waals surface area contributed by atoms with E-state index in [-0.39, 0.29) is 6.04 Å². The molecule has 0 aliphatic heterocycles. The molecule has 1 aliphatic rings. The molecule has 0 unspecified atom stereocenters. The number of anilines is 1. The third kappa shape index (κ3) is 3.20. The van der Waals surface area contributed by atoms with Crippen molar-refractivity contribution in [3.63, 3.8) is 0 Å². The summed E-state index contributed by atoms with van der Waals surface area (Å²) in [5.41, 5.74) is 1.43. The summed E-state index contributed by atoms with van der Waals surface area (Å²) in [5, 5.41) is 5.69. The molecule has 4 nitrogen and oxygen atoms in total. The van der Waals surface area contributed by atoms with Crippen molar-refractivity contribution in [2.24, 2.45) is 0 Å². The van der Waals surface area contributed by atoms with E-state index in [1.165, 1.54) is 0 Å². The monoisotopic (exact) mass is 252 g/mol. The summed E-state index contributed by atoms with van der Waals surface area (Å²) in [6.45, 7) is 1.84. The first kappa shape index (κ1) is 11.9. The molecule has 2 amide bonds. The van der Waals surface area contributed by atoms with Gasteiger partial charge in [0.25, 0.3) is 0 Å². The number of carbonyl (C=O) groups is 2. The second-order valence-corrected chi connectivity index (χ2v) is 4.60. The standard InChI is InChI=1S/C12H13ClN2O2/c1-7-2-3-8(13)6-10(7)15-12(17)11(16)14-9-4-5-9/h2-3,6,9H,4-5H2,1H3,(H,14,16)(H,15,17). The van der Waals surface area contributed by atoms with Gasteiger partial charge in [0.05, 0.1) is 0 Å². The average Bonchev–Trinajstić information content (AvgIpc) is 3.07. The molecule has 2 N–H and O–H groups in total. The number of aryl methyl sites for hydroxylation is 1. The third-order valence-corrected chi connectivity index (χ3v) is 2.80. The molecule has 0 bridgehead atoms. The van der Waals surface area contributed by atoms with Gasteiger partial charge in [0.1, 0.15) is 0 Å². The summed E-state index contributed by atoms with van der Waals surface area (Å²) in [4.78, 5) is 23.0. The van der Waals surface area contributed by atoms with Crippen LogP contribution in [-0.4, -0.2) is 17.9 Å². The lowest BCUT2D eigenvalue weighted by Crippen LogP contribution is -2.36. The molecule has 2 rings (SSSR count). The summed E-state index contributed by atoms with van der Waals surface area (Å²) in [6, 6.07) is 5.32. The molecule has 0 radical (unpaired) electrons. The van der Waals surface area contributed by atoms with Crippen LogP contribution in [0.4, 0.5) is 5.69 Å². The Morgan fingerprint density at radius 3 is 2.65 bits per heavy atom. The van der Waals surface area contributed by atoms with E-state index < -0.39 is 11.8 Å². The van der Waals surface area contributed by atoms with Gasteiger partial charge in [0.15, 0.2) is 0 Å². The zero-order chi connectivity index (χ0) is 12.4. The number of amides is 2. The first-order chi connectivity index (χ1) is 8.06. The predicted octanol–water partition coefficient (Wildman–Crippen LogP) is 1.87. The fraction of sp³-hybridized carbons (Fsp3) is 0.333. The van der Waals surface area contributed by atoms with Gasteiger partial charge in [-0.1, -0.05) is 17.7 Å². The molecule has 5 heteroatoms. The van der Waals surface area contributed by atoms with Gasteiger partial charge in [0.2, 0.25) is 0 Å². The fourth-order valence-corrected chi connectivity index (χ4v) is 1.56. The zero-order valence-corrected chi connectivity index (χ0v) is 10.2. The molecule has 0 saturated heterocycles. The number of carbonyl (C=O) groups excluding carboxylic acids is 2. The van der Waals surface area contributed by atoms with Crippen molar-refractivity contribution in [2.75, 3.05) is 5.32 Å². The zero-order valence-electron chi connectivity index (χ0n) is 9.42. The maximum Gasteiger partial charge on any atom is 0.313 e. The Hall–Kier alpha value is -1.55. The third-order valence-electron chi connectivity index (χ3n) is 2.57. The molecular formula is C12H13ClN2O2. The second-order valence-electron chi connectivity index (χ2n) is 4.16. The maximum absolute atomic E-state index is 11.6. The minimum Gasteiger partial charge on any atom is -0.345 e. The van der Waals surface area contributed by atoms with Crippen molar-refractivity contribution in [3.05, 3.63) is 28.8 Å². The Balaban J connectivity index is 2.01. The molecule has 1 saturated carbocycles. The quantitative estimate of drug-likeness (QED) is 0.790. The largest absolute Gasteiger partial charge is 0.345 e. The van der Waals surface area contributed by atoms with E-state index in [0.717, 1.165) is 18.4 Å². The van der Waals surface area contributed by atoms with Gasteiger partial charge >= 0.3 is 11.8 Å². The van der Waals surface area contributed by atoms with E-state index in [1.54, 1.807) is 18.2 Å². The van der Waals surface area contributed by atoms with Crippen LogP contribution >= 0.6 is 11.6 Å². The molecule has 1 fully saturated rings. The van der Waals surface area contributed by atoms with E-state index in [9.17, 15) is 9.59 Å². The van der Waals surface area contributed by atoms with Crippen LogP contribution in [0.5, 0.6) is 0 Å². The van der Waals surface area contributed by atoms with Gasteiger partial charge in [-0.15, -0.1) is 0 Å². The summed E-state index contributed by atoms with van der Waals surface area (Å²) >= 11 is 5.82. The van der Waals surface area contributed by atoms with E-state index in [1.807, 2.05) is 6.92 Å². The van der Waals surface area contributed by atoms with Gasteiger partial charge in [0, 0.05) is 16.8 Å². The highest BCUT2D eigenvalue weighted by molar-refractivity contribution is 6.40. The van der Waals surface area contributed by atoms with Crippen LogP contribution in [0.15, 0.2) is 18.2 Å². The summed E-state index contributed by atoms with van der Waals surface area (Å²) in [7, 11) is 0. The van der Waals surface area contributed by atoms with Crippen molar-refractivity contribution < 1.29 is 9.59 Å². The van der Waals surface area contributed by atoms with Crippen molar-refractivity contribution in [3.8, 4) is 0 Å². The van der Waals surface area contributed by atoms with E-state index in [2.05, 4.69) is 10.6 Å². The minimum absolute atomic E-state index is 0.175. The molecule has 0 atom stereocenters. The van der Waals surface area contributed by atoms with Gasteiger partial charge in [-0.25, -0.2) is 0 Å². The van der Waals surface area contributed by atoms with E-state index in [4.69, 9.17) is 11.6 Å². The maximum atomic E-state index is 11.6. The van der Waals surface area contributed by atoms with Crippen LogP contribution in [0, 0.1) is 6.92 Å². The topological polar surface area (TPSA) is 58.2 Å². The molecule has 0 heterocycles. The molecule has 0 spiro atoms. The highest BCUT2D eigenvalue weighted by Crippen LogP contribution is 2.21. The van der Waals surface area contributed by atoms with Crippen LogP contribution in [0.2, 0.25) is 5.02 Å². The second kappa shape index (κ2) is 4.75. The Kier molecular flexibility index (Phi) is 3.33. The number of halogens is 1. The van der Waals surface area contributed by atoms with Crippen LogP contribution in [0.25, 0.3) is 0 Å². The number of hydrogen-bond acceptors (Lipinski definition) is 2. The Morgan fingerprint density at radius 1 is 1.29 bits per heavy atom. The van der Waals surface area contributed by atoms with Gasteiger partial charge in [-0.3, -0.25) is 9.59 Å². The molecule has 90 valence electrons. The van der Waals surface area contributed by atoms with Crippen molar-refractivity contribution >= 4 is 29.1 Å². The van der Waals surface area contributed by atoms with Crippen LogP contribution < -0.4 is 10.6 Å². The average molecular weight is 253 g/mol. The van der Waals surface area contributed by atoms with Gasteiger partial charge in [-0.2, -0.15) is 0 Å². The van der Waals surface area contributed by atoms with Crippen LogP contribution in [-0.2, 0) is 9.59 Å². The Morgan fingerprint density at radius 2 is 2.00 bits per heavy atom. The Labute approximate surface area is 104 Å². The molecule has 1 aromatic carbocycles. The number of hydrogen-bond donors (Lipinski definition) is 2. The van der Waals surface area contributed by atoms with Crippen LogP contribution in [0.1, 0.15) is 18.4 Å². The fourth-order valence-electron chi connectivity index (χ4n) is 1.39. The lowest BCUT2D eigenvalue weighted by molar-refractivity contribution is -0.136. The first-order valence-electron chi connectivity index (χ1n) is 5.44. The molecule has 17 heavy (non-hydrogen) atoms. The number of benzene rings is 1. The van der Waals surface area contributed by atoms with E-state index in [0.29, 0.717) is 10.7 Å². The van der Waals surface area contributed by atoms with Crippen LogP contribution in [0.3, 0.4) is 0 Å². The van der Waals surface area contributed by atoms with E-state index >= 15 is 0 Å².